The van der Waals surface area contributed by atoms with E-state index in [1.807, 2.05) is 18.2 Å². The van der Waals surface area contributed by atoms with Gasteiger partial charge in [0, 0.05) is 31.1 Å². The quantitative estimate of drug-likeness (QED) is 0.766. The van der Waals surface area contributed by atoms with Gasteiger partial charge in [0.15, 0.2) is 0 Å². The summed E-state index contributed by atoms with van der Waals surface area (Å²) in [5.41, 5.74) is 7.71. The van der Waals surface area contributed by atoms with Crippen LogP contribution in [0.2, 0.25) is 0 Å². The number of nitrogens with one attached hydrogen (secondary N) is 3. The third-order valence-corrected chi connectivity index (χ3v) is 5.64. The molecule has 4 rings (SSSR count). The summed E-state index contributed by atoms with van der Waals surface area (Å²) in [5, 5.41) is 3.22. The van der Waals surface area contributed by atoms with Gasteiger partial charge in [0.2, 0.25) is 5.91 Å². The molecule has 3 aliphatic heterocycles. The summed E-state index contributed by atoms with van der Waals surface area (Å²) in [6.45, 7) is 4.24. The van der Waals surface area contributed by atoms with Crippen molar-refractivity contribution in [1.29, 1.82) is 0 Å². The zero-order valence-electron chi connectivity index (χ0n) is 14.7. The van der Waals surface area contributed by atoms with Crippen LogP contribution in [0.15, 0.2) is 24.3 Å². The van der Waals surface area contributed by atoms with Crippen LogP contribution in [0.5, 0.6) is 5.75 Å². The van der Waals surface area contributed by atoms with Crippen LogP contribution >= 0.6 is 0 Å². The van der Waals surface area contributed by atoms with Crippen molar-refractivity contribution >= 4 is 5.91 Å². The van der Waals surface area contributed by atoms with Gasteiger partial charge in [-0.3, -0.25) is 20.5 Å². The van der Waals surface area contributed by atoms with E-state index < -0.39 is 0 Å². The lowest BCUT2D eigenvalue weighted by Crippen LogP contribution is -2.48. The number of piperidine rings is 1. The number of carbonyl (C=O) groups excluding carboxylic acids is 1. The molecule has 25 heavy (non-hydrogen) atoms. The van der Waals surface area contributed by atoms with Crippen molar-refractivity contribution in [2.45, 2.75) is 37.8 Å². The topological polar surface area (TPSA) is 65.6 Å². The van der Waals surface area contributed by atoms with Crippen molar-refractivity contribution in [3.8, 4) is 5.75 Å². The van der Waals surface area contributed by atoms with Gasteiger partial charge in [-0.1, -0.05) is 18.2 Å². The fourth-order valence-corrected chi connectivity index (χ4v) is 4.36. The summed E-state index contributed by atoms with van der Waals surface area (Å²) in [6, 6.07) is 8.63. The number of hydrazine groups is 1. The third kappa shape index (κ3) is 3.97. The molecule has 2 fully saturated rings. The lowest BCUT2D eigenvalue weighted by molar-refractivity contribution is -0.123. The number of hydrogen-bond acceptors (Lipinski definition) is 5. The Labute approximate surface area is 149 Å². The SMILES string of the molecule is O=C(CN1CCCC(C2CCNN2)C1)NC1CCOc2ccccc21. The largest absolute Gasteiger partial charge is 0.493 e. The standard InChI is InChI=1S/C19H28N4O2/c24-19(21-17-8-11-25-18-6-2-1-5-15(17)18)13-23-10-3-4-14(12-23)16-7-9-20-22-16/h1-2,5-6,14,16-17,20,22H,3-4,7-13H2,(H,21,24). The summed E-state index contributed by atoms with van der Waals surface area (Å²) >= 11 is 0. The molecular formula is C19H28N4O2. The van der Waals surface area contributed by atoms with Crippen LogP contribution in [0.25, 0.3) is 0 Å². The average Bonchev–Trinajstić information content (AvgIpc) is 3.17. The second-order valence-corrected chi connectivity index (χ2v) is 7.40. The van der Waals surface area contributed by atoms with Gasteiger partial charge in [0.1, 0.15) is 5.75 Å². The van der Waals surface area contributed by atoms with Crippen molar-refractivity contribution in [3.05, 3.63) is 29.8 Å². The lowest BCUT2D eigenvalue weighted by atomic mass is 9.90. The van der Waals surface area contributed by atoms with Crippen molar-refractivity contribution in [3.63, 3.8) is 0 Å². The minimum Gasteiger partial charge on any atom is -0.493 e. The number of benzene rings is 1. The predicted octanol–water partition coefficient (Wildman–Crippen LogP) is 1.20. The first-order chi connectivity index (χ1) is 12.3. The highest BCUT2D eigenvalue weighted by molar-refractivity contribution is 5.78. The third-order valence-electron chi connectivity index (χ3n) is 5.64. The average molecular weight is 344 g/mol. The molecule has 0 spiro atoms. The van der Waals surface area contributed by atoms with Gasteiger partial charge in [-0.2, -0.15) is 0 Å². The second-order valence-electron chi connectivity index (χ2n) is 7.40. The molecular weight excluding hydrogens is 316 g/mol. The van der Waals surface area contributed by atoms with Crippen LogP contribution in [0.1, 0.15) is 37.3 Å². The van der Waals surface area contributed by atoms with E-state index >= 15 is 0 Å². The number of amides is 1. The maximum Gasteiger partial charge on any atom is 0.234 e. The number of fused-ring (bicyclic) bond motifs is 1. The Morgan fingerprint density at radius 2 is 2.20 bits per heavy atom. The first-order valence-corrected chi connectivity index (χ1v) is 9.51. The molecule has 0 saturated carbocycles. The normalized spacial score (nSPS) is 29.7. The monoisotopic (exact) mass is 344 g/mol. The Hall–Kier alpha value is -1.63. The van der Waals surface area contributed by atoms with Gasteiger partial charge >= 0.3 is 0 Å². The van der Waals surface area contributed by atoms with Crippen LogP contribution in [-0.2, 0) is 4.79 Å². The fraction of sp³-hybridized carbons (Fsp3) is 0.632. The Morgan fingerprint density at radius 1 is 1.28 bits per heavy atom. The number of hydrogen-bond donors (Lipinski definition) is 3. The Bertz CT molecular complexity index is 603. The minimum absolute atomic E-state index is 0.0683. The van der Waals surface area contributed by atoms with Crippen molar-refractivity contribution in [1.82, 2.24) is 21.1 Å². The van der Waals surface area contributed by atoms with E-state index in [0.717, 1.165) is 37.4 Å². The predicted molar refractivity (Wildman–Crippen MR) is 96.1 cm³/mol. The van der Waals surface area contributed by atoms with E-state index in [9.17, 15) is 4.79 Å². The number of carbonyl (C=O) groups is 1. The van der Waals surface area contributed by atoms with Crippen molar-refractivity contribution in [2.24, 2.45) is 5.92 Å². The van der Waals surface area contributed by atoms with Crippen LogP contribution < -0.4 is 20.9 Å². The molecule has 6 heteroatoms. The van der Waals surface area contributed by atoms with E-state index in [1.54, 1.807) is 0 Å². The zero-order chi connectivity index (χ0) is 17.1. The molecule has 3 atom stereocenters. The highest BCUT2D eigenvalue weighted by Gasteiger charge is 2.30. The van der Waals surface area contributed by atoms with E-state index in [1.165, 1.54) is 19.3 Å². The highest BCUT2D eigenvalue weighted by atomic mass is 16.5. The Morgan fingerprint density at radius 3 is 3.08 bits per heavy atom. The fourth-order valence-electron chi connectivity index (χ4n) is 4.36. The number of rotatable bonds is 4. The summed E-state index contributed by atoms with van der Waals surface area (Å²) in [5.74, 6) is 1.66. The Kier molecular flexibility index (Phi) is 5.20. The van der Waals surface area contributed by atoms with E-state index in [-0.39, 0.29) is 11.9 Å². The van der Waals surface area contributed by atoms with E-state index in [2.05, 4.69) is 27.1 Å². The molecule has 1 aromatic carbocycles. The zero-order valence-corrected chi connectivity index (χ0v) is 14.7. The first kappa shape index (κ1) is 16.8. The van der Waals surface area contributed by atoms with Gasteiger partial charge in [0.25, 0.3) is 0 Å². The maximum atomic E-state index is 12.6. The molecule has 1 amide bonds. The molecule has 1 aromatic rings. The molecule has 2 saturated heterocycles. The molecule has 0 radical (unpaired) electrons. The van der Waals surface area contributed by atoms with Crippen molar-refractivity contribution in [2.75, 3.05) is 32.8 Å². The van der Waals surface area contributed by atoms with Gasteiger partial charge in [-0.25, -0.2) is 0 Å². The number of likely N-dealkylation sites (tertiary alicyclic amines) is 1. The Balaban J connectivity index is 1.32. The highest BCUT2D eigenvalue weighted by Crippen LogP contribution is 2.31. The molecule has 0 bridgehead atoms. The maximum absolute atomic E-state index is 12.6. The molecule has 3 heterocycles. The summed E-state index contributed by atoms with van der Waals surface area (Å²) in [6.07, 6.45) is 4.45. The van der Waals surface area contributed by atoms with E-state index in [0.29, 0.717) is 25.1 Å². The van der Waals surface area contributed by atoms with Crippen LogP contribution in [0, 0.1) is 5.92 Å². The first-order valence-electron chi connectivity index (χ1n) is 9.51. The number of ether oxygens (including phenoxy) is 1. The molecule has 3 unspecified atom stereocenters. The van der Waals surface area contributed by atoms with E-state index in [4.69, 9.17) is 4.74 Å². The van der Waals surface area contributed by atoms with Crippen LogP contribution in [0.3, 0.4) is 0 Å². The number of nitrogens with zero attached hydrogens (tertiary/aromatic N) is 1. The summed E-state index contributed by atoms with van der Waals surface area (Å²) in [7, 11) is 0. The second kappa shape index (κ2) is 7.72. The van der Waals surface area contributed by atoms with Gasteiger partial charge in [-0.05, 0) is 37.8 Å². The smallest absolute Gasteiger partial charge is 0.234 e. The van der Waals surface area contributed by atoms with Crippen LogP contribution in [-0.4, -0.2) is 49.6 Å². The minimum atomic E-state index is 0.0683. The van der Waals surface area contributed by atoms with Gasteiger partial charge in [-0.15, -0.1) is 0 Å². The van der Waals surface area contributed by atoms with Crippen molar-refractivity contribution < 1.29 is 9.53 Å². The molecule has 0 aromatic heterocycles. The number of para-hydroxylation sites is 1. The molecule has 136 valence electrons. The lowest BCUT2D eigenvalue weighted by Gasteiger charge is -2.35. The van der Waals surface area contributed by atoms with Gasteiger partial charge < -0.3 is 10.1 Å². The van der Waals surface area contributed by atoms with Crippen LogP contribution in [0.4, 0.5) is 0 Å². The van der Waals surface area contributed by atoms with Gasteiger partial charge in [0.05, 0.1) is 19.2 Å². The molecule has 3 aliphatic rings. The summed E-state index contributed by atoms with van der Waals surface area (Å²) in [4.78, 5) is 14.9. The summed E-state index contributed by atoms with van der Waals surface area (Å²) < 4.78 is 5.68. The molecule has 0 aliphatic carbocycles. The molecule has 6 nitrogen and oxygen atoms in total. The molecule has 3 N–H and O–H groups in total.